The van der Waals surface area contributed by atoms with Gasteiger partial charge in [-0.3, -0.25) is 4.90 Å². The molecule has 15 heavy (non-hydrogen) atoms. The molecule has 0 bridgehead atoms. The highest BCUT2D eigenvalue weighted by Gasteiger charge is 2.19. The molecule has 1 saturated heterocycles. The van der Waals surface area contributed by atoms with Gasteiger partial charge in [0.25, 0.3) is 0 Å². The van der Waals surface area contributed by atoms with Crippen molar-refractivity contribution in [3.05, 3.63) is 33.8 Å². The molecule has 0 spiro atoms. The summed E-state index contributed by atoms with van der Waals surface area (Å²) in [7, 11) is 0. The third-order valence-electron chi connectivity index (χ3n) is 3.06. The van der Waals surface area contributed by atoms with Gasteiger partial charge in [0.1, 0.15) is 0 Å². The highest BCUT2D eigenvalue weighted by atomic mass is 35.5. The summed E-state index contributed by atoms with van der Waals surface area (Å²) in [6.45, 7) is 4.59. The molecule has 1 heterocycles. The summed E-state index contributed by atoms with van der Waals surface area (Å²) in [6, 6.07) is 6.22. The number of hydrogen-bond acceptors (Lipinski definition) is 1. The van der Waals surface area contributed by atoms with Crippen LogP contribution in [0.5, 0.6) is 0 Å². The molecule has 0 saturated carbocycles. The Bertz CT molecular complexity index is 325. The third-order valence-corrected chi connectivity index (χ3v) is 3.49. The van der Waals surface area contributed by atoms with Crippen LogP contribution in [0, 0.1) is 0 Å². The largest absolute Gasteiger partial charge is 0.297 e. The summed E-state index contributed by atoms with van der Waals surface area (Å²) in [5, 5.41) is 1.45. The molecule has 1 aliphatic heterocycles. The van der Waals surface area contributed by atoms with E-state index in [2.05, 4.69) is 11.8 Å². The van der Waals surface area contributed by atoms with Crippen molar-refractivity contribution in [3.63, 3.8) is 0 Å². The molecule has 3 heteroatoms. The molecule has 1 aromatic rings. The van der Waals surface area contributed by atoms with Crippen LogP contribution in [0.2, 0.25) is 10.0 Å². The first kappa shape index (κ1) is 11.3. The fourth-order valence-corrected chi connectivity index (χ4v) is 2.70. The summed E-state index contributed by atoms with van der Waals surface area (Å²) in [5.74, 6) is 0. The zero-order valence-corrected chi connectivity index (χ0v) is 10.4. The van der Waals surface area contributed by atoms with Crippen LogP contribution in [-0.4, -0.2) is 18.0 Å². The van der Waals surface area contributed by atoms with Crippen molar-refractivity contribution in [2.75, 3.05) is 13.1 Å². The van der Waals surface area contributed by atoms with E-state index in [1.54, 1.807) is 6.07 Å². The number of nitrogens with zero attached hydrogens (tertiary/aromatic N) is 1. The summed E-state index contributed by atoms with van der Waals surface area (Å²) in [6.07, 6.45) is 2.61. The van der Waals surface area contributed by atoms with E-state index in [0.29, 0.717) is 6.04 Å². The molecule has 0 aromatic heterocycles. The highest BCUT2D eigenvalue weighted by Crippen LogP contribution is 2.28. The van der Waals surface area contributed by atoms with Gasteiger partial charge in [-0.05, 0) is 56.6 Å². The van der Waals surface area contributed by atoms with Gasteiger partial charge in [-0.15, -0.1) is 0 Å². The average Bonchev–Trinajstić information content (AvgIpc) is 2.67. The number of likely N-dealkylation sites (tertiary alicyclic amines) is 1. The molecular formula is C12H15Cl2N. The summed E-state index contributed by atoms with van der Waals surface area (Å²) in [5.41, 5.74) is 1.22. The molecule has 0 N–H and O–H groups in total. The summed E-state index contributed by atoms with van der Waals surface area (Å²) in [4.78, 5) is 2.47. The van der Waals surface area contributed by atoms with E-state index in [-0.39, 0.29) is 0 Å². The quantitative estimate of drug-likeness (QED) is 0.755. The standard InChI is InChI=1S/C12H15Cl2N/c1-9(15-4-2-3-5-15)10-6-11(13)8-12(14)7-10/h6-9H,2-5H2,1H3/t9-/m0/s1. The molecule has 1 aromatic carbocycles. The van der Waals surface area contributed by atoms with Gasteiger partial charge in [0.15, 0.2) is 0 Å². The van der Waals surface area contributed by atoms with Crippen molar-refractivity contribution in [1.29, 1.82) is 0 Å². The normalized spacial score (nSPS) is 19.4. The molecule has 1 nitrogen and oxygen atoms in total. The third kappa shape index (κ3) is 2.66. The Morgan fingerprint density at radius 1 is 1.07 bits per heavy atom. The van der Waals surface area contributed by atoms with Gasteiger partial charge < -0.3 is 0 Å². The van der Waals surface area contributed by atoms with Gasteiger partial charge in [-0.1, -0.05) is 23.2 Å². The molecule has 1 aliphatic rings. The first-order valence-corrected chi connectivity index (χ1v) is 6.12. The Balaban J connectivity index is 2.20. The fraction of sp³-hybridized carbons (Fsp3) is 0.500. The van der Waals surface area contributed by atoms with Crippen LogP contribution in [0.4, 0.5) is 0 Å². The number of hydrogen-bond donors (Lipinski definition) is 0. The highest BCUT2D eigenvalue weighted by molar-refractivity contribution is 6.34. The molecule has 0 aliphatic carbocycles. The first-order valence-electron chi connectivity index (χ1n) is 5.37. The number of halogens is 2. The van der Waals surface area contributed by atoms with Crippen molar-refractivity contribution in [2.45, 2.75) is 25.8 Å². The van der Waals surface area contributed by atoms with Crippen LogP contribution in [0.3, 0.4) is 0 Å². The summed E-state index contributed by atoms with van der Waals surface area (Å²) < 4.78 is 0. The lowest BCUT2D eigenvalue weighted by molar-refractivity contribution is 0.263. The van der Waals surface area contributed by atoms with Gasteiger partial charge in [0.05, 0.1) is 0 Å². The molecule has 1 atom stereocenters. The predicted octanol–water partition coefficient (Wildman–Crippen LogP) is 4.15. The maximum atomic E-state index is 6.00. The van der Waals surface area contributed by atoms with Crippen molar-refractivity contribution in [2.24, 2.45) is 0 Å². The van der Waals surface area contributed by atoms with Crippen LogP contribution in [0.25, 0.3) is 0 Å². The average molecular weight is 244 g/mol. The zero-order chi connectivity index (χ0) is 10.8. The minimum Gasteiger partial charge on any atom is -0.297 e. The van der Waals surface area contributed by atoms with E-state index in [1.165, 1.54) is 31.5 Å². The van der Waals surface area contributed by atoms with E-state index in [9.17, 15) is 0 Å². The second-order valence-corrected chi connectivity index (χ2v) is 4.99. The van der Waals surface area contributed by atoms with Crippen LogP contribution >= 0.6 is 23.2 Å². The summed E-state index contributed by atoms with van der Waals surface area (Å²) >= 11 is 12.0. The smallest absolute Gasteiger partial charge is 0.0424 e. The zero-order valence-electron chi connectivity index (χ0n) is 8.84. The SMILES string of the molecule is C[C@@H](c1cc(Cl)cc(Cl)c1)N1CCCC1. The number of benzene rings is 1. The van der Waals surface area contributed by atoms with Gasteiger partial charge in [-0.25, -0.2) is 0 Å². The fourth-order valence-electron chi connectivity index (χ4n) is 2.16. The van der Waals surface area contributed by atoms with Gasteiger partial charge >= 0.3 is 0 Å². The lowest BCUT2D eigenvalue weighted by Crippen LogP contribution is -2.23. The Labute approximate surface area is 101 Å². The maximum absolute atomic E-state index is 6.00. The monoisotopic (exact) mass is 243 g/mol. The molecule has 82 valence electrons. The molecule has 0 unspecified atom stereocenters. The van der Waals surface area contributed by atoms with Crippen molar-refractivity contribution < 1.29 is 0 Å². The van der Waals surface area contributed by atoms with E-state index in [0.717, 1.165) is 10.0 Å². The Kier molecular flexibility index (Phi) is 3.55. The van der Waals surface area contributed by atoms with Crippen LogP contribution in [-0.2, 0) is 0 Å². The maximum Gasteiger partial charge on any atom is 0.0424 e. The van der Waals surface area contributed by atoms with Gasteiger partial charge in [0, 0.05) is 16.1 Å². The van der Waals surface area contributed by atoms with Crippen LogP contribution < -0.4 is 0 Å². The number of rotatable bonds is 2. The Morgan fingerprint density at radius 3 is 2.13 bits per heavy atom. The Hall–Kier alpha value is -0.240. The van der Waals surface area contributed by atoms with Gasteiger partial charge in [0.2, 0.25) is 0 Å². The van der Waals surface area contributed by atoms with E-state index >= 15 is 0 Å². The van der Waals surface area contributed by atoms with Crippen LogP contribution in [0.1, 0.15) is 31.4 Å². The topological polar surface area (TPSA) is 3.24 Å². The molecular weight excluding hydrogens is 229 g/mol. The minimum absolute atomic E-state index is 0.420. The van der Waals surface area contributed by atoms with Crippen molar-refractivity contribution >= 4 is 23.2 Å². The second-order valence-electron chi connectivity index (χ2n) is 4.12. The minimum atomic E-state index is 0.420. The van der Waals surface area contributed by atoms with Crippen LogP contribution in [0.15, 0.2) is 18.2 Å². The lowest BCUT2D eigenvalue weighted by atomic mass is 10.1. The molecule has 1 fully saturated rings. The van der Waals surface area contributed by atoms with E-state index < -0.39 is 0 Å². The van der Waals surface area contributed by atoms with Gasteiger partial charge in [-0.2, -0.15) is 0 Å². The van der Waals surface area contributed by atoms with E-state index in [4.69, 9.17) is 23.2 Å². The molecule has 2 rings (SSSR count). The second kappa shape index (κ2) is 4.73. The first-order chi connectivity index (χ1) is 7.16. The molecule has 0 radical (unpaired) electrons. The van der Waals surface area contributed by atoms with E-state index in [1.807, 2.05) is 12.1 Å². The molecule has 0 amide bonds. The van der Waals surface area contributed by atoms with Crippen molar-refractivity contribution in [3.8, 4) is 0 Å². The van der Waals surface area contributed by atoms with Crippen molar-refractivity contribution in [1.82, 2.24) is 4.90 Å². The lowest BCUT2D eigenvalue weighted by Gasteiger charge is -2.24. The Morgan fingerprint density at radius 2 is 1.60 bits per heavy atom. The predicted molar refractivity (Wildman–Crippen MR) is 65.7 cm³/mol.